The molecule has 0 aromatic carbocycles. The fraction of sp³-hybridized carbons (Fsp3) is 0.714. The molecular formula is C14H25N3O. The van der Waals surface area contributed by atoms with Gasteiger partial charge in [0.1, 0.15) is 11.9 Å². The molecule has 1 rings (SSSR count). The number of aromatic nitrogens is 2. The second-order valence-electron chi connectivity index (χ2n) is 6.77. The monoisotopic (exact) mass is 251 g/mol. The van der Waals surface area contributed by atoms with Crippen LogP contribution in [-0.4, -0.2) is 17.1 Å². The number of anilines is 1. The average Bonchev–Trinajstić information content (AvgIpc) is 2.13. The van der Waals surface area contributed by atoms with Crippen molar-refractivity contribution in [1.82, 2.24) is 9.97 Å². The number of hydrogen-bond donors (Lipinski definition) is 1. The van der Waals surface area contributed by atoms with Gasteiger partial charge < -0.3 is 10.5 Å². The smallest absolute Gasteiger partial charge is 0.160 e. The average molecular weight is 251 g/mol. The Hall–Kier alpha value is -1.16. The summed E-state index contributed by atoms with van der Waals surface area (Å²) in [4.78, 5) is 8.95. The van der Waals surface area contributed by atoms with Crippen LogP contribution in [0, 0.1) is 5.41 Å². The van der Waals surface area contributed by atoms with Crippen LogP contribution >= 0.6 is 0 Å². The SMILES string of the molecule is COC(c1nc(N)cc(C(C)(C)C)n1)C(C)(C)C. The molecule has 1 aromatic rings. The first-order chi connectivity index (χ1) is 8.05. The maximum Gasteiger partial charge on any atom is 0.160 e. The number of hydrogen-bond acceptors (Lipinski definition) is 4. The van der Waals surface area contributed by atoms with Crippen LogP contribution in [0.5, 0.6) is 0 Å². The van der Waals surface area contributed by atoms with E-state index in [9.17, 15) is 0 Å². The molecule has 0 saturated heterocycles. The van der Waals surface area contributed by atoms with Gasteiger partial charge in [0.2, 0.25) is 0 Å². The van der Waals surface area contributed by atoms with Crippen molar-refractivity contribution in [3.05, 3.63) is 17.6 Å². The molecule has 0 aliphatic rings. The van der Waals surface area contributed by atoms with E-state index < -0.39 is 0 Å². The van der Waals surface area contributed by atoms with E-state index in [2.05, 4.69) is 51.5 Å². The molecule has 0 saturated carbocycles. The zero-order valence-corrected chi connectivity index (χ0v) is 12.5. The minimum Gasteiger partial charge on any atom is -0.384 e. The van der Waals surface area contributed by atoms with Gasteiger partial charge in [-0.1, -0.05) is 41.5 Å². The molecule has 18 heavy (non-hydrogen) atoms. The second kappa shape index (κ2) is 4.84. The summed E-state index contributed by atoms with van der Waals surface area (Å²) in [7, 11) is 1.68. The van der Waals surface area contributed by atoms with Crippen LogP contribution in [-0.2, 0) is 10.2 Å². The van der Waals surface area contributed by atoms with Crippen LogP contribution in [0.15, 0.2) is 6.07 Å². The summed E-state index contributed by atoms with van der Waals surface area (Å²) in [5, 5.41) is 0. The van der Waals surface area contributed by atoms with Crippen LogP contribution in [0.25, 0.3) is 0 Å². The number of nitrogen functional groups attached to an aromatic ring is 1. The lowest BCUT2D eigenvalue weighted by molar-refractivity contribution is 0.00850. The summed E-state index contributed by atoms with van der Waals surface area (Å²) in [6.45, 7) is 12.6. The highest BCUT2D eigenvalue weighted by Gasteiger charge is 2.30. The Bertz CT molecular complexity index is 416. The van der Waals surface area contributed by atoms with Crippen LogP contribution in [0.4, 0.5) is 5.82 Å². The number of rotatable bonds is 2. The molecule has 0 aliphatic carbocycles. The number of ether oxygens (including phenoxy) is 1. The fourth-order valence-electron chi connectivity index (χ4n) is 1.83. The van der Waals surface area contributed by atoms with Gasteiger partial charge in [0, 0.05) is 18.6 Å². The summed E-state index contributed by atoms with van der Waals surface area (Å²) < 4.78 is 5.54. The molecule has 0 radical (unpaired) electrons. The Morgan fingerprint density at radius 2 is 1.67 bits per heavy atom. The maximum atomic E-state index is 5.89. The van der Waals surface area contributed by atoms with Crippen LogP contribution in [0.1, 0.15) is 59.2 Å². The lowest BCUT2D eigenvalue weighted by Gasteiger charge is -2.29. The van der Waals surface area contributed by atoms with E-state index in [1.807, 2.05) is 6.07 Å². The molecule has 1 unspecified atom stereocenters. The first kappa shape index (κ1) is 14.9. The Morgan fingerprint density at radius 3 is 2.06 bits per heavy atom. The summed E-state index contributed by atoms with van der Waals surface area (Å²) in [6, 6.07) is 1.83. The van der Waals surface area contributed by atoms with Gasteiger partial charge in [-0.3, -0.25) is 0 Å². The predicted octanol–water partition coefficient (Wildman–Crippen LogP) is 3.09. The molecule has 4 heteroatoms. The Kier molecular flexibility index (Phi) is 4.01. The molecule has 0 fully saturated rings. The van der Waals surface area contributed by atoms with Crippen LogP contribution < -0.4 is 5.73 Å². The van der Waals surface area contributed by atoms with E-state index in [0.717, 1.165) is 5.69 Å². The fourth-order valence-corrected chi connectivity index (χ4v) is 1.83. The van der Waals surface area contributed by atoms with E-state index in [0.29, 0.717) is 11.6 Å². The molecule has 0 aliphatic heterocycles. The lowest BCUT2D eigenvalue weighted by atomic mass is 9.87. The third-order valence-corrected chi connectivity index (χ3v) is 2.79. The van der Waals surface area contributed by atoms with Crippen molar-refractivity contribution in [2.45, 2.75) is 53.1 Å². The standard InChI is InChI=1S/C14H25N3O/c1-13(2,3)9-8-10(15)17-12(16-9)11(18-7)14(4,5)6/h8,11H,1-7H3,(H2,15,16,17). The Balaban J connectivity index is 3.29. The molecule has 1 aromatic heterocycles. The van der Waals surface area contributed by atoms with E-state index in [4.69, 9.17) is 10.5 Å². The van der Waals surface area contributed by atoms with Gasteiger partial charge in [-0.25, -0.2) is 9.97 Å². The number of methoxy groups -OCH3 is 1. The maximum absolute atomic E-state index is 5.89. The topological polar surface area (TPSA) is 61.0 Å². The van der Waals surface area contributed by atoms with Gasteiger partial charge in [-0.2, -0.15) is 0 Å². The van der Waals surface area contributed by atoms with Crippen molar-refractivity contribution in [3.63, 3.8) is 0 Å². The van der Waals surface area contributed by atoms with Gasteiger partial charge in [0.25, 0.3) is 0 Å². The normalized spacial score (nSPS) is 14.6. The molecule has 102 valence electrons. The van der Waals surface area contributed by atoms with Crippen molar-refractivity contribution < 1.29 is 4.74 Å². The second-order valence-corrected chi connectivity index (χ2v) is 6.77. The summed E-state index contributed by atoms with van der Waals surface area (Å²) in [5.41, 5.74) is 6.70. The first-order valence-electron chi connectivity index (χ1n) is 6.23. The van der Waals surface area contributed by atoms with E-state index in [1.165, 1.54) is 0 Å². The number of nitrogens with zero attached hydrogens (tertiary/aromatic N) is 2. The summed E-state index contributed by atoms with van der Waals surface area (Å²) in [6.07, 6.45) is -0.165. The largest absolute Gasteiger partial charge is 0.384 e. The highest BCUT2D eigenvalue weighted by atomic mass is 16.5. The summed E-state index contributed by atoms with van der Waals surface area (Å²) >= 11 is 0. The minimum atomic E-state index is -0.165. The van der Waals surface area contributed by atoms with Crippen molar-refractivity contribution >= 4 is 5.82 Å². The zero-order chi connectivity index (χ0) is 14.1. The summed E-state index contributed by atoms with van der Waals surface area (Å²) in [5.74, 6) is 1.16. The van der Waals surface area contributed by atoms with E-state index in [1.54, 1.807) is 7.11 Å². The zero-order valence-electron chi connectivity index (χ0n) is 12.5. The van der Waals surface area contributed by atoms with Crippen molar-refractivity contribution in [3.8, 4) is 0 Å². The third-order valence-electron chi connectivity index (χ3n) is 2.79. The molecule has 0 bridgehead atoms. The quantitative estimate of drug-likeness (QED) is 0.877. The van der Waals surface area contributed by atoms with Crippen LogP contribution in [0.3, 0.4) is 0 Å². The highest BCUT2D eigenvalue weighted by molar-refractivity contribution is 5.33. The van der Waals surface area contributed by atoms with Gasteiger partial charge in [-0.05, 0) is 5.41 Å². The van der Waals surface area contributed by atoms with Crippen molar-refractivity contribution in [2.75, 3.05) is 12.8 Å². The molecular weight excluding hydrogens is 226 g/mol. The first-order valence-corrected chi connectivity index (χ1v) is 6.23. The van der Waals surface area contributed by atoms with Gasteiger partial charge in [-0.15, -0.1) is 0 Å². The Labute approximate surface area is 110 Å². The van der Waals surface area contributed by atoms with Gasteiger partial charge in [0.05, 0.1) is 5.69 Å². The van der Waals surface area contributed by atoms with Crippen molar-refractivity contribution in [1.29, 1.82) is 0 Å². The molecule has 0 spiro atoms. The molecule has 1 heterocycles. The van der Waals surface area contributed by atoms with Gasteiger partial charge >= 0.3 is 0 Å². The minimum absolute atomic E-state index is 0.0536. The third kappa shape index (κ3) is 3.42. The molecule has 0 amide bonds. The van der Waals surface area contributed by atoms with E-state index in [-0.39, 0.29) is 16.9 Å². The lowest BCUT2D eigenvalue weighted by Crippen LogP contribution is -2.25. The van der Waals surface area contributed by atoms with Gasteiger partial charge in [0.15, 0.2) is 5.82 Å². The predicted molar refractivity (Wildman–Crippen MR) is 74.3 cm³/mol. The number of nitrogens with two attached hydrogens (primary N) is 1. The molecule has 4 nitrogen and oxygen atoms in total. The van der Waals surface area contributed by atoms with Crippen LogP contribution in [0.2, 0.25) is 0 Å². The van der Waals surface area contributed by atoms with E-state index >= 15 is 0 Å². The highest BCUT2D eigenvalue weighted by Crippen LogP contribution is 2.34. The Morgan fingerprint density at radius 1 is 1.11 bits per heavy atom. The molecule has 2 N–H and O–H groups in total. The molecule has 1 atom stereocenters. The van der Waals surface area contributed by atoms with Crippen molar-refractivity contribution in [2.24, 2.45) is 5.41 Å².